The first-order valence-corrected chi connectivity index (χ1v) is 7.20. The molecular weight excluding hydrogens is 343 g/mol. The summed E-state index contributed by atoms with van der Waals surface area (Å²) in [5.41, 5.74) is 0.509. The molecule has 0 saturated carbocycles. The summed E-state index contributed by atoms with van der Waals surface area (Å²) >= 11 is 0. The molecule has 0 aliphatic carbocycles. The van der Waals surface area contributed by atoms with Gasteiger partial charge in [-0.15, -0.1) is 0 Å². The SMILES string of the molecule is CN(C)CCOc1nncc(-c2cnnc(OCCC(F)(F)F)n2)n1. The highest BCUT2D eigenvalue weighted by Gasteiger charge is 2.27. The smallest absolute Gasteiger partial charge is 0.392 e. The third-order valence-corrected chi connectivity index (χ3v) is 2.73. The minimum Gasteiger partial charge on any atom is -0.462 e. The van der Waals surface area contributed by atoms with Crippen LogP contribution in [0.25, 0.3) is 11.4 Å². The zero-order chi connectivity index (χ0) is 18.3. The van der Waals surface area contributed by atoms with Gasteiger partial charge in [-0.2, -0.15) is 33.3 Å². The minimum atomic E-state index is -4.32. The highest BCUT2D eigenvalue weighted by atomic mass is 19.4. The topological polar surface area (TPSA) is 99.0 Å². The summed E-state index contributed by atoms with van der Waals surface area (Å²) in [4.78, 5) is 10.0. The van der Waals surface area contributed by atoms with Crippen molar-refractivity contribution in [3.05, 3.63) is 12.4 Å². The number of nitrogens with zero attached hydrogens (tertiary/aromatic N) is 7. The van der Waals surface area contributed by atoms with Gasteiger partial charge in [0.15, 0.2) is 0 Å². The fourth-order valence-electron chi connectivity index (χ4n) is 1.52. The van der Waals surface area contributed by atoms with Crippen LogP contribution < -0.4 is 9.47 Å². The lowest BCUT2D eigenvalue weighted by atomic mass is 10.3. The molecule has 25 heavy (non-hydrogen) atoms. The molecule has 0 spiro atoms. The van der Waals surface area contributed by atoms with Gasteiger partial charge in [0.1, 0.15) is 24.6 Å². The average molecular weight is 359 g/mol. The first-order chi connectivity index (χ1) is 11.8. The number of halogens is 3. The van der Waals surface area contributed by atoms with Gasteiger partial charge in [0.05, 0.1) is 18.8 Å². The first kappa shape index (κ1) is 18.7. The van der Waals surface area contributed by atoms with Crippen molar-refractivity contribution in [3.8, 4) is 23.4 Å². The molecule has 0 unspecified atom stereocenters. The number of hydrogen-bond acceptors (Lipinski definition) is 9. The van der Waals surface area contributed by atoms with Gasteiger partial charge in [-0.05, 0) is 14.1 Å². The van der Waals surface area contributed by atoms with Crippen molar-refractivity contribution < 1.29 is 22.6 Å². The Hall–Kier alpha value is -2.63. The van der Waals surface area contributed by atoms with E-state index in [1.165, 1.54) is 12.4 Å². The molecule has 0 N–H and O–H groups in total. The van der Waals surface area contributed by atoms with E-state index in [4.69, 9.17) is 9.47 Å². The average Bonchev–Trinajstić information content (AvgIpc) is 2.54. The van der Waals surface area contributed by atoms with Crippen molar-refractivity contribution in [2.45, 2.75) is 12.6 Å². The van der Waals surface area contributed by atoms with Crippen molar-refractivity contribution in [2.24, 2.45) is 0 Å². The molecule has 2 aromatic heterocycles. The molecule has 2 rings (SSSR count). The predicted octanol–water partition coefficient (Wildman–Crippen LogP) is 0.995. The number of alkyl halides is 3. The van der Waals surface area contributed by atoms with E-state index in [0.29, 0.717) is 13.2 Å². The standard InChI is InChI=1S/C13H16F3N7O2/c1-23(2)4-6-25-12-20-10(8-18-22-12)9-7-17-21-11(19-9)24-5-3-13(14,15)16/h7-8H,3-6H2,1-2H3. The van der Waals surface area contributed by atoms with E-state index in [2.05, 4.69) is 30.4 Å². The van der Waals surface area contributed by atoms with Crippen molar-refractivity contribution in [1.29, 1.82) is 0 Å². The Balaban J connectivity index is 2.02. The van der Waals surface area contributed by atoms with Crippen LogP contribution in [0.2, 0.25) is 0 Å². The lowest BCUT2D eigenvalue weighted by molar-refractivity contribution is -0.139. The maximum Gasteiger partial charge on any atom is 0.392 e. The van der Waals surface area contributed by atoms with Gasteiger partial charge < -0.3 is 14.4 Å². The van der Waals surface area contributed by atoms with Crippen LogP contribution in [-0.2, 0) is 0 Å². The van der Waals surface area contributed by atoms with Gasteiger partial charge in [-0.25, -0.2) is 0 Å². The van der Waals surface area contributed by atoms with Crippen LogP contribution in [0.4, 0.5) is 13.2 Å². The van der Waals surface area contributed by atoms with Crippen LogP contribution in [0.5, 0.6) is 12.0 Å². The minimum absolute atomic E-state index is 0.0532. The molecular formula is C13H16F3N7O2. The largest absolute Gasteiger partial charge is 0.462 e. The summed E-state index contributed by atoms with van der Waals surface area (Å²) in [7, 11) is 3.79. The molecule has 0 amide bonds. The second-order valence-corrected chi connectivity index (χ2v) is 5.11. The van der Waals surface area contributed by atoms with Crippen LogP contribution >= 0.6 is 0 Å². The van der Waals surface area contributed by atoms with Crippen molar-refractivity contribution in [3.63, 3.8) is 0 Å². The Morgan fingerprint density at radius 3 is 1.92 bits per heavy atom. The van der Waals surface area contributed by atoms with E-state index < -0.39 is 19.2 Å². The van der Waals surface area contributed by atoms with Gasteiger partial charge in [-0.1, -0.05) is 10.2 Å². The summed E-state index contributed by atoms with van der Waals surface area (Å²) < 4.78 is 46.6. The molecule has 2 aromatic rings. The van der Waals surface area contributed by atoms with Gasteiger partial charge in [0.2, 0.25) is 0 Å². The predicted molar refractivity (Wildman–Crippen MR) is 78.9 cm³/mol. The molecule has 0 radical (unpaired) electrons. The lowest BCUT2D eigenvalue weighted by Crippen LogP contribution is -2.20. The molecule has 2 heterocycles. The van der Waals surface area contributed by atoms with Crippen molar-refractivity contribution in [2.75, 3.05) is 33.9 Å². The summed E-state index contributed by atoms with van der Waals surface area (Å²) in [5.74, 6) is 0. The number of ether oxygens (including phenoxy) is 2. The van der Waals surface area contributed by atoms with Gasteiger partial charge in [0, 0.05) is 6.54 Å². The van der Waals surface area contributed by atoms with Gasteiger partial charge >= 0.3 is 18.2 Å². The second-order valence-electron chi connectivity index (χ2n) is 5.11. The van der Waals surface area contributed by atoms with Crippen LogP contribution in [0.1, 0.15) is 6.42 Å². The fourth-order valence-corrected chi connectivity index (χ4v) is 1.52. The molecule has 0 aliphatic heterocycles. The summed E-state index contributed by atoms with van der Waals surface area (Å²) in [5, 5.41) is 14.7. The third kappa shape index (κ3) is 6.79. The van der Waals surface area contributed by atoms with E-state index in [9.17, 15) is 13.2 Å². The Bertz CT molecular complexity index is 685. The Labute approximate surface area is 141 Å². The lowest BCUT2D eigenvalue weighted by Gasteiger charge is -2.09. The van der Waals surface area contributed by atoms with Gasteiger partial charge in [-0.3, -0.25) is 0 Å². The molecule has 0 bridgehead atoms. The van der Waals surface area contributed by atoms with Crippen LogP contribution in [-0.4, -0.2) is 75.3 Å². The molecule has 0 atom stereocenters. The van der Waals surface area contributed by atoms with Crippen molar-refractivity contribution in [1.82, 2.24) is 35.3 Å². The molecule has 0 aliphatic rings. The second kappa shape index (κ2) is 8.46. The molecule has 136 valence electrons. The summed E-state index contributed by atoms with van der Waals surface area (Å²) in [6.07, 6.45) is -2.83. The van der Waals surface area contributed by atoms with Crippen LogP contribution in [0.3, 0.4) is 0 Å². The monoisotopic (exact) mass is 359 g/mol. The normalized spacial score (nSPS) is 11.6. The van der Waals surface area contributed by atoms with E-state index in [1.54, 1.807) is 0 Å². The number of likely N-dealkylation sites (N-methyl/N-ethyl adjacent to an activating group) is 1. The zero-order valence-electron chi connectivity index (χ0n) is 13.6. The fraction of sp³-hybridized carbons (Fsp3) is 0.538. The Kier molecular flexibility index (Phi) is 6.33. The molecule has 0 saturated heterocycles. The van der Waals surface area contributed by atoms with E-state index >= 15 is 0 Å². The Morgan fingerprint density at radius 1 is 0.920 bits per heavy atom. The third-order valence-electron chi connectivity index (χ3n) is 2.73. The highest BCUT2D eigenvalue weighted by molar-refractivity contribution is 5.51. The maximum atomic E-state index is 12.1. The zero-order valence-corrected chi connectivity index (χ0v) is 13.6. The first-order valence-electron chi connectivity index (χ1n) is 7.20. The number of hydrogen-bond donors (Lipinski definition) is 0. The molecule has 12 heteroatoms. The van der Waals surface area contributed by atoms with Gasteiger partial charge in [0.25, 0.3) is 0 Å². The van der Waals surface area contributed by atoms with E-state index in [1.807, 2.05) is 19.0 Å². The molecule has 9 nitrogen and oxygen atoms in total. The summed E-state index contributed by atoms with van der Waals surface area (Å²) in [6.45, 7) is 0.432. The number of rotatable bonds is 8. The number of aromatic nitrogens is 6. The Morgan fingerprint density at radius 2 is 1.44 bits per heavy atom. The van der Waals surface area contributed by atoms with E-state index in [-0.39, 0.29) is 23.4 Å². The quantitative estimate of drug-likeness (QED) is 0.683. The van der Waals surface area contributed by atoms with E-state index in [0.717, 1.165) is 0 Å². The van der Waals surface area contributed by atoms with Crippen LogP contribution in [0.15, 0.2) is 12.4 Å². The summed E-state index contributed by atoms with van der Waals surface area (Å²) in [6, 6.07) is -0.229. The molecule has 0 aromatic carbocycles. The highest BCUT2D eigenvalue weighted by Crippen LogP contribution is 2.20. The van der Waals surface area contributed by atoms with Crippen molar-refractivity contribution >= 4 is 0 Å². The van der Waals surface area contributed by atoms with Crippen LogP contribution in [0, 0.1) is 0 Å². The molecule has 0 fully saturated rings. The maximum absolute atomic E-state index is 12.1.